The van der Waals surface area contributed by atoms with Crippen molar-refractivity contribution in [1.29, 1.82) is 5.26 Å². The summed E-state index contributed by atoms with van der Waals surface area (Å²) in [6.07, 6.45) is 1.21. The summed E-state index contributed by atoms with van der Waals surface area (Å²) in [6, 6.07) is 8.66. The summed E-state index contributed by atoms with van der Waals surface area (Å²) in [5.41, 5.74) is 0. The van der Waals surface area contributed by atoms with Gasteiger partial charge in [0.1, 0.15) is 11.5 Å². The molecule has 0 aliphatic carbocycles. The van der Waals surface area contributed by atoms with E-state index in [0.29, 0.717) is 25.2 Å². The Morgan fingerprint density at radius 3 is 3.00 bits per heavy atom. The molecule has 0 bridgehead atoms. The molecule has 0 aromatic heterocycles. The van der Waals surface area contributed by atoms with E-state index in [2.05, 4.69) is 0 Å². The van der Waals surface area contributed by atoms with Crippen LogP contribution in [0.25, 0.3) is 0 Å². The Morgan fingerprint density at radius 1 is 1.46 bits per heavy atom. The summed E-state index contributed by atoms with van der Waals surface area (Å²) in [7, 11) is 0. The van der Waals surface area contributed by atoms with Crippen molar-refractivity contribution in [3.63, 3.8) is 0 Å². The van der Waals surface area contributed by atoms with Gasteiger partial charge >= 0.3 is 0 Å². The largest absolute Gasteiger partial charge is 0.508 e. The molecular weight excluding hydrogens is 166 g/mol. The minimum absolute atomic E-state index is 0.192. The normalized spacial score (nSPS) is 9.15. The van der Waals surface area contributed by atoms with Gasteiger partial charge in [0, 0.05) is 12.5 Å². The van der Waals surface area contributed by atoms with Crippen LogP contribution in [0.3, 0.4) is 0 Å². The molecule has 13 heavy (non-hydrogen) atoms. The number of aromatic hydroxyl groups is 1. The second kappa shape index (κ2) is 5.04. The first kappa shape index (κ1) is 9.40. The fourth-order valence-electron chi connectivity index (χ4n) is 0.915. The average Bonchev–Trinajstić information content (AvgIpc) is 2.13. The van der Waals surface area contributed by atoms with Crippen LogP contribution in [0.15, 0.2) is 24.3 Å². The zero-order valence-corrected chi connectivity index (χ0v) is 7.23. The highest BCUT2D eigenvalue weighted by molar-refractivity contribution is 5.31. The third-order valence-electron chi connectivity index (χ3n) is 1.52. The first-order valence-corrected chi connectivity index (χ1v) is 4.11. The Morgan fingerprint density at radius 2 is 2.31 bits per heavy atom. The van der Waals surface area contributed by atoms with Gasteiger partial charge in [0.2, 0.25) is 0 Å². The highest BCUT2D eigenvalue weighted by Gasteiger charge is 1.94. The van der Waals surface area contributed by atoms with Crippen LogP contribution in [-0.4, -0.2) is 11.7 Å². The van der Waals surface area contributed by atoms with Crippen LogP contribution in [-0.2, 0) is 0 Å². The van der Waals surface area contributed by atoms with Crippen LogP contribution in [0, 0.1) is 11.3 Å². The lowest BCUT2D eigenvalue weighted by Crippen LogP contribution is -1.95. The van der Waals surface area contributed by atoms with E-state index in [1.54, 1.807) is 24.3 Å². The minimum atomic E-state index is 0.192. The van der Waals surface area contributed by atoms with Gasteiger partial charge < -0.3 is 9.84 Å². The number of phenolic OH excluding ortho intramolecular Hbond substituents is 1. The first-order chi connectivity index (χ1) is 6.33. The number of nitriles is 1. The lowest BCUT2D eigenvalue weighted by atomic mass is 10.3. The fraction of sp³-hybridized carbons (Fsp3) is 0.300. The molecule has 0 saturated heterocycles. The number of rotatable bonds is 4. The molecule has 3 heteroatoms. The van der Waals surface area contributed by atoms with Crippen molar-refractivity contribution < 1.29 is 9.84 Å². The van der Waals surface area contributed by atoms with E-state index in [-0.39, 0.29) is 5.75 Å². The number of hydrogen-bond donors (Lipinski definition) is 1. The Bertz CT molecular complexity index is 304. The molecule has 0 spiro atoms. The third kappa shape index (κ3) is 3.48. The molecule has 3 nitrogen and oxygen atoms in total. The molecule has 1 N–H and O–H groups in total. The summed E-state index contributed by atoms with van der Waals surface area (Å²) in [4.78, 5) is 0. The maximum atomic E-state index is 9.08. The first-order valence-electron chi connectivity index (χ1n) is 4.11. The van der Waals surface area contributed by atoms with Gasteiger partial charge in [-0.3, -0.25) is 0 Å². The Labute approximate surface area is 77.2 Å². The van der Waals surface area contributed by atoms with Crippen LogP contribution in [0.1, 0.15) is 12.8 Å². The van der Waals surface area contributed by atoms with E-state index in [0.717, 1.165) is 0 Å². The zero-order valence-electron chi connectivity index (χ0n) is 7.23. The van der Waals surface area contributed by atoms with Crippen LogP contribution in [0.5, 0.6) is 11.5 Å². The van der Waals surface area contributed by atoms with Crippen LogP contribution >= 0.6 is 0 Å². The highest BCUT2D eigenvalue weighted by atomic mass is 16.5. The SMILES string of the molecule is N#CCCCOc1cccc(O)c1. The number of ether oxygens (including phenoxy) is 1. The van der Waals surface area contributed by atoms with Crippen molar-refractivity contribution in [2.24, 2.45) is 0 Å². The van der Waals surface area contributed by atoms with Crippen LogP contribution in [0.4, 0.5) is 0 Å². The van der Waals surface area contributed by atoms with Gasteiger partial charge in [-0.05, 0) is 18.6 Å². The number of unbranched alkanes of at least 4 members (excludes halogenated alkanes) is 1. The number of benzene rings is 1. The van der Waals surface area contributed by atoms with Crippen molar-refractivity contribution in [2.45, 2.75) is 12.8 Å². The Hall–Kier alpha value is -1.69. The maximum absolute atomic E-state index is 9.08. The van der Waals surface area contributed by atoms with E-state index >= 15 is 0 Å². The molecule has 0 heterocycles. The van der Waals surface area contributed by atoms with E-state index in [4.69, 9.17) is 15.1 Å². The van der Waals surface area contributed by atoms with Gasteiger partial charge in [0.15, 0.2) is 0 Å². The molecule has 1 aromatic rings. The summed E-state index contributed by atoms with van der Waals surface area (Å²) in [5, 5.41) is 17.3. The van der Waals surface area contributed by atoms with E-state index in [1.165, 1.54) is 0 Å². The molecule has 0 amide bonds. The molecule has 0 aliphatic rings. The number of nitrogens with zero attached hydrogens (tertiary/aromatic N) is 1. The average molecular weight is 177 g/mol. The molecule has 0 saturated carbocycles. The second-order valence-corrected chi connectivity index (χ2v) is 2.61. The smallest absolute Gasteiger partial charge is 0.122 e. The quantitative estimate of drug-likeness (QED) is 0.716. The molecular formula is C10H11NO2. The van der Waals surface area contributed by atoms with Crippen molar-refractivity contribution in [3.05, 3.63) is 24.3 Å². The van der Waals surface area contributed by atoms with Gasteiger partial charge in [-0.2, -0.15) is 5.26 Å². The lowest BCUT2D eigenvalue weighted by molar-refractivity contribution is 0.311. The molecule has 0 atom stereocenters. The van der Waals surface area contributed by atoms with Crippen molar-refractivity contribution in [3.8, 4) is 17.6 Å². The molecule has 1 rings (SSSR count). The predicted octanol–water partition coefficient (Wildman–Crippen LogP) is 2.07. The number of hydrogen-bond acceptors (Lipinski definition) is 3. The Balaban J connectivity index is 2.33. The predicted molar refractivity (Wildman–Crippen MR) is 48.4 cm³/mol. The summed E-state index contributed by atoms with van der Waals surface area (Å²) >= 11 is 0. The minimum Gasteiger partial charge on any atom is -0.508 e. The molecule has 0 aliphatic heterocycles. The van der Waals surface area contributed by atoms with Gasteiger partial charge in [0.25, 0.3) is 0 Å². The zero-order chi connectivity index (χ0) is 9.52. The van der Waals surface area contributed by atoms with Crippen molar-refractivity contribution in [1.82, 2.24) is 0 Å². The summed E-state index contributed by atoms with van der Waals surface area (Å²) in [6.45, 7) is 0.511. The van der Waals surface area contributed by atoms with E-state index < -0.39 is 0 Å². The summed E-state index contributed by atoms with van der Waals surface area (Å²) < 4.78 is 5.28. The summed E-state index contributed by atoms with van der Waals surface area (Å²) in [5.74, 6) is 0.829. The third-order valence-corrected chi connectivity index (χ3v) is 1.52. The maximum Gasteiger partial charge on any atom is 0.122 e. The molecule has 0 unspecified atom stereocenters. The monoisotopic (exact) mass is 177 g/mol. The van der Waals surface area contributed by atoms with Gasteiger partial charge in [0.05, 0.1) is 12.7 Å². The van der Waals surface area contributed by atoms with Crippen molar-refractivity contribution >= 4 is 0 Å². The van der Waals surface area contributed by atoms with E-state index in [9.17, 15) is 0 Å². The topological polar surface area (TPSA) is 53.2 Å². The number of phenols is 1. The molecule has 68 valence electrons. The molecule has 0 fully saturated rings. The highest BCUT2D eigenvalue weighted by Crippen LogP contribution is 2.17. The van der Waals surface area contributed by atoms with E-state index in [1.807, 2.05) is 6.07 Å². The molecule has 1 aromatic carbocycles. The van der Waals surface area contributed by atoms with Gasteiger partial charge in [-0.1, -0.05) is 6.07 Å². The van der Waals surface area contributed by atoms with Gasteiger partial charge in [-0.15, -0.1) is 0 Å². The van der Waals surface area contributed by atoms with Crippen molar-refractivity contribution in [2.75, 3.05) is 6.61 Å². The second-order valence-electron chi connectivity index (χ2n) is 2.61. The standard InChI is InChI=1S/C10H11NO2/c11-6-1-2-7-13-10-5-3-4-9(12)8-10/h3-5,8,12H,1-2,7H2. The fourth-order valence-corrected chi connectivity index (χ4v) is 0.915. The lowest BCUT2D eigenvalue weighted by Gasteiger charge is -2.03. The molecule has 0 radical (unpaired) electrons. The van der Waals surface area contributed by atoms with Gasteiger partial charge in [-0.25, -0.2) is 0 Å². The van der Waals surface area contributed by atoms with Crippen LogP contribution < -0.4 is 4.74 Å². The van der Waals surface area contributed by atoms with Crippen LogP contribution in [0.2, 0.25) is 0 Å². The Kier molecular flexibility index (Phi) is 3.65.